The first-order chi connectivity index (χ1) is 15.7. The van der Waals surface area contributed by atoms with Gasteiger partial charge in [-0.15, -0.1) is 0 Å². The largest absolute Gasteiger partial charge is 0.495 e. The third kappa shape index (κ3) is 5.54. The van der Waals surface area contributed by atoms with E-state index in [1.165, 1.54) is 32.4 Å². The van der Waals surface area contributed by atoms with E-state index < -0.39 is 21.9 Å². The van der Waals surface area contributed by atoms with Crippen LogP contribution >= 0.6 is 0 Å². The molecule has 1 amide bonds. The first kappa shape index (κ1) is 24.7. The van der Waals surface area contributed by atoms with E-state index in [-0.39, 0.29) is 39.4 Å². The van der Waals surface area contributed by atoms with Crippen LogP contribution in [-0.4, -0.2) is 40.6 Å². The second-order valence-corrected chi connectivity index (χ2v) is 9.98. The summed E-state index contributed by atoms with van der Waals surface area (Å²) in [5, 5.41) is 2.69. The van der Waals surface area contributed by atoms with Gasteiger partial charge >= 0.3 is 5.97 Å². The Balaban J connectivity index is 1.92. The zero-order valence-electron chi connectivity index (χ0n) is 19.3. The molecule has 3 rings (SSSR count). The summed E-state index contributed by atoms with van der Waals surface area (Å²) in [5.41, 5.74) is 1.28. The van der Waals surface area contributed by atoms with Gasteiger partial charge in [-0.3, -0.25) is 4.79 Å². The Labute approximate surface area is 194 Å². The molecule has 0 aliphatic heterocycles. The summed E-state index contributed by atoms with van der Waals surface area (Å²) in [7, 11) is -1.28. The monoisotopic (exact) mass is 474 g/mol. The molecule has 9 heteroatoms. The molecule has 0 spiro atoms. The lowest BCUT2D eigenvalue weighted by molar-refractivity contribution is 0.0601. The molecule has 0 radical (unpaired) electrons. The fourth-order valence-electron chi connectivity index (χ4n) is 4.12. The summed E-state index contributed by atoms with van der Waals surface area (Å²) in [6.07, 6.45) is 3.79. The molecule has 0 saturated heterocycles. The Morgan fingerprint density at radius 2 is 1.79 bits per heavy atom. The van der Waals surface area contributed by atoms with Crippen LogP contribution in [0.25, 0.3) is 0 Å². The standard InChI is InChI=1S/C24H30N2O6S/c1-15-8-5-6-10-18(15)26-33(29,30)21-14-17(12-13-20(21)31-3)23(27)25-19-11-7-9-16(2)22(19)24(28)32-4/h7,9,11-15,18,26H,5-6,8,10H2,1-4H3,(H,25,27). The van der Waals surface area contributed by atoms with E-state index in [1.54, 1.807) is 25.1 Å². The van der Waals surface area contributed by atoms with Crippen molar-refractivity contribution >= 4 is 27.6 Å². The zero-order valence-corrected chi connectivity index (χ0v) is 20.1. The molecule has 0 aromatic heterocycles. The van der Waals surface area contributed by atoms with Crippen molar-refractivity contribution in [2.24, 2.45) is 5.92 Å². The Bertz CT molecular complexity index is 1150. The molecule has 33 heavy (non-hydrogen) atoms. The minimum atomic E-state index is -3.93. The number of carbonyl (C=O) groups excluding carboxylic acids is 2. The molecule has 1 aliphatic rings. The van der Waals surface area contributed by atoms with Crippen LogP contribution in [0.15, 0.2) is 41.3 Å². The van der Waals surface area contributed by atoms with Crippen LogP contribution in [0.4, 0.5) is 5.69 Å². The summed E-state index contributed by atoms with van der Waals surface area (Å²) in [6, 6.07) is 9.08. The predicted octanol–water partition coefficient (Wildman–Crippen LogP) is 3.90. The Hall–Kier alpha value is -2.91. The molecule has 2 aromatic carbocycles. The quantitative estimate of drug-likeness (QED) is 0.589. The van der Waals surface area contributed by atoms with E-state index in [0.29, 0.717) is 5.56 Å². The van der Waals surface area contributed by atoms with Crippen LogP contribution in [0.2, 0.25) is 0 Å². The van der Waals surface area contributed by atoms with Crippen LogP contribution in [0, 0.1) is 12.8 Å². The molecule has 1 aliphatic carbocycles. The molecule has 178 valence electrons. The van der Waals surface area contributed by atoms with Gasteiger partial charge in [0.05, 0.1) is 25.5 Å². The fourth-order valence-corrected chi connectivity index (χ4v) is 5.70. The normalized spacial score (nSPS) is 18.4. The number of ether oxygens (including phenoxy) is 2. The maximum absolute atomic E-state index is 13.2. The fraction of sp³-hybridized carbons (Fsp3) is 0.417. The Morgan fingerprint density at radius 3 is 2.45 bits per heavy atom. The van der Waals surface area contributed by atoms with Gasteiger partial charge in [-0.05, 0) is 55.5 Å². The van der Waals surface area contributed by atoms with Crippen molar-refractivity contribution in [1.82, 2.24) is 4.72 Å². The summed E-state index contributed by atoms with van der Waals surface area (Å²) in [6.45, 7) is 3.77. The summed E-state index contributed by atoms with van der Waals surface area (Å²) >= 11 is 0. The first-order valence-corrected chi connectivity index (χ1v) is 12.4. The number of methoxy groups -OCH3 is 2. The highest BCUT2D eigenvalue weighted by molar-refractivity contribution is 7.89. The van der Waals surface area contributed by atoms with Crippen LogP contribution in [0.5, 0.6) is 5.75 Å². The SMILES string of the molecule is COC(=O)c1c(C)cccc1NC(=O)c1ccc(OC)c(S(=O)(=O)NC2CCCCC2C)c1. The van der Waals surface area contributed by atoms with Crippen molar-refractivity contribution in [3.8, 4) is 5.75 Å². The van der Waals surface area contributed by atoms with Gasteiger partial charge in [-0.2, -0.15) is 0 Å². The first-order valence-electron chi connectivity index (χ1n) is 10.9. The highest BCUT2D eigenvalue weighted by Gasteiger charge is 2.29. The summed E-state index contributed by atoms with van der Waals surface area (Å²) in [4.78, 5) is 25.1. The maximum Gasteiger partial charge on any atom is 0.340 e. The van der Waals surface area contributed by atoms with Crippen molar-refractivity contribution in [1.29, 1.82) is 0 Å². The zero-order chi connectivity index (χ0) is 24.2. The van der Waals surface area contributed by atoms with Gasteiger partial charge in [0.1, 0.15) is 10.6 Å². The lowest BCUT2D eigenvalue weighted by Crippen LogP contribution is -2.41. The van der Waals surface area contributed by atoms with E-state index >= 15 is 0 Å². The average molecular weight is 475 g/mol. The topological polar surface area (TPSA) is 111 Å². The summed E-state index contributed by atoms with van der Waals surface area (Å²) < 4.78 is 39.3. The smallest absolute Gasteiger partial charge is 0.340 e. The highest BCUT2D eigenvalue weighted by atomic mass is 32.2. The number of hydrogen-bond acceptors (Lipinski definition) is 6. The maximum atomic E-state index is 13.2. The van der Waals surface area contributed by atoms with Gasteiger partial charge in [-0.1, -0.05) is 31.9 Å². The van der Waals surface area contributed by atoms with Gasteiger partial charge in [0, 0.05) is 11.6 Å². The van der Waals surface area contributed by atoms with Crippen LogP contribution in [0.1, 0.15) is 58.9 Å². The molecule has 8 nitrogen and oxygen atoms in total. The Kier molecular flexibility index (Phi) is 7.76. The van der Waals surface area contributed by atoms with Crippen molar-refractivity contribution in [3.05, 3.63) is 53.1 Å². The number of aryl methyl sites for hydroxylation is 1. The van der Waals surface area contributed by atoms with Crippen molar-refractivity contribution in [2.45, 2.75) is 50.5 Å². The third-order valence-electron chi connectivity index (χ3n) is 6.04. The van der Waals surface area contributed by atoms with Gasteiger partial charge in [0.25, 0.3) is 5.91 Å². The van der Waals surface area contributed by atoms with E-state index in [2.05, 4.69) is 10.0 Å². The number of benzene rings is 2. The van der Waals surface area contributed by atoms with Crippen molar-refractivity contribution < 1.29 is 27.5 Å². The number of sulfonamides is 1. The molecule has 0 bridgehead atoms. The second kappa shape index (κ2) is 10.4. The van der Waals surface area contributed by atoms with Crippen molar-refractivity contribution in [3.63, 3.8) is 0 Å². The number of rotatable bonds is 7. The number of nitrogens with one attached hydrogen (secondary N) is 2. The van der Waals surface area contributed by atoms with Crippen LogP contribution in [-0.2, 0) is 14.8 Å². The van der Waals surface area contributed by atoms with E-state index in [1.807, 2.05) is 6.92 Å². The van der Waals surface area contributed by atoms with Gasteiger partial charge in [0.15, 0.2) is 0 Å². The van der Waals surface area contributed by atoms with Gasteiger partial charge in [0.2, 0.25) is 10.0 Å². The van der Waals surface area contributed by atoms with Crippen molar-refractivity contribution in [2.75, 3.05) is 19.5 Å². The van der Waals surface area contributed by atoms with E-state index in [0.717, 1.165) is 25.7 Å². The van der Waals surface area contributed by atoms with Gasteiger partial charge in [-0.25, -0.2) is 17.9 Å². The number of hydrogen-bond donors (Lipinski definition) is 2. The molecule has 2 aromatic rings. The highest BCUT2D eigenvalue weighted by Crippen LogP contribution is 2.29. The number of anilines is 1. The second-order valence-electron chi connectivity index (χ2n) is 8.30. The molecular formula is C24H30N2O6S. The minimum absolute atomic E-state index is 0.104. The third-order valence-corrected chi connectivity index (χ3v) is 7.55. The lowest BCUT2D eigenvalue weighted by atomic mass is 9.87. The van der Waals surface area contributed by atoms with Crippen LogP contribution < -0.4 is 14.8 Å². The number of carbonyl (C=O) groups is 2. The van der Waals surface area contributed by atoms with E-state index in [4.69, 9.17) is 9.47 Å². The minimum Gasteiger partial charge on any atom is -0.495 e. The molecule has 2 N–H and O–H groups in total. The van der Waals surface area contributed by atoms with Gasteiger partial charge < -0.3 is 14.8 Å². The van der Waals surface area contributed by atoms with Crippen LogP contribution in [0.3, 0.4) is 0 Å². The molecule has 2 atom stereocenters. The lowest BCUT2D eigenvalue weighted by Gasteiger charge is -2.29. The number of esters is 1. The van der Waals surface area contributed by atoms with E-state index in [9.17, 15) is 18.0 Å². The molecule has 1 saturated carbocycles. The average Bonchev–Trinajstić information content (AvgIpc) is 2.79. The molecule has 1 fully saturated rings. The Morgan fingerprint density at radius 1 is 1.06 bits per heavy atom. The predicted molar refractivity (Wildman–Crippen MR) is 125 cm³/mol. The molecule has 0 heterocycles. The molecule has 2 unspecified atom stereocenters. The summed E-state index contributed by atoms with van der Waals surface area (Å²) in [5.74, 6) is -0.763. The molecular weight excluding hydrogens is 444 g/mol. The number of amides is 1.